The zero-order chi connectivity index (χ0) is 14.0. The number of aryl methyl sites for hydroxylation is 1. The van der Waals surface area contributed by atoms with Crippen LogP contribution in [0.5, 0.6) is 0 Å². The summed E-state index contributed by atoms with van der Waals surface area (Å²) in [6.07, 6.45) is 1.79. The van der Waals surface area contributed by atoms with E-state index in [-0.39, 0.29) is 0 Å². The SMILES string of the molecule is Cc1csc(/C(C#N)=C/c2cc(C#N)n(C)c2C)n1. The number of nitrogens with zero attached hydrogens (tertiary/aromatic N) is 4. The largest absolute Gasteiger partial charge is 0.339 e. The Hall–Kier alpha value is -2.37. The van der Waals surface area contributed by atoms with Crippen molar-refractivity contribution in [2.45, 2.75) is 13.8 Å². The van der Waals surface area contributed by atoms with Gasteiger partial charge in [0.2, 0.25) is 0 Å². The van der Waals surface area contributed by atoms with Gasteiger partial charge in [-0.15, -0.1) is 11.3 Å². The molecule has 0 aliphatic carbocycles. The summed E-state index contributed by atoms with van der Waals surface area (Å²) in [5.74, 6) is 0. The predicted molar refractivity (Wildman–Crippen MR) is 75.2 cm³/mol. The number of nitriles is 2. The van der Waals surface area contributed by atoms with Gasteiger partial charge >= 0.3 is 0 Å². The third-order valence-corrected chi connectivity index (χ3v) is 3.95. The van der Waals surface area contributed by atoms with Crippen molar-refractivity contribution in [1.29, 1.82) is 10.5 Å². The van der Waals surface area contributed by atoms with E-state index in [1.165, 1.54) is 11.3 Å². The minimum Gasteiger partial charge on any atom is -0.339 e. The second-order valence-corrected chi connectivity index (χ2v) is 5.06. The van der Waals surface area contributed by atoms with Gasteiger partial charge in [0.1, 0.15) is 22.8 Å². The van der Waals surface area contributed by atoms with E-state index in [1.807, 2.05) is 30.8 Å². The fraction of sp³-hybridized carbons (Fsp3) is 0.214. The van der Waals surface area contributed by atoms with Gasteiger partial charge in [0.15, 0.2) is 0 Å². The second kappa shape index (κ2) is 5.09. The van der Waals surface area contributed by atoms with E-state index in [0.717, 1.165) is 17.0 Å². The average molecular weight is 268 g/mol. The zero-order valence-corrected chi connectivity index (χ0v) is 11.7. The van der Waals surface area contributed by atoms with Gasteiger partial charge in [-0.3, -0.25) is 0 Å². The number of rotatable bonds is 2. The molecule has 0 atom stereocenters. The first-order valence-electron chi connectivity index (χ1n) is 5.67. The molecule has 2 rings (SSSR count). The molecule has 0 fully saturated rings. The maximum absolute atomic E-state index is 9.25. The standard InChI is InChI=1S/C14H12N4S/c1-9-8-19-14(17-9)12(6-15)4-11-5-13(7-16)18(3)10(11)2/h4-5,8H,1-3H3/b12-4+. The van der Waals surface area contributed by atoms with Crippen LogP contribution in [0.1, 0.15) is 27.7 Å². The maximum Gasteiger partial charge on any atom is 0.134 e. The van der Waals surface area contributed by atoms with E-state index in [4.69, 9.17) is 5.26 Å². The van der Waals surface area contributed by atoms with Gasteiger partial charge in [0, 0.05) is 23.8 Å². The van der Waals surface area contributed by atoms with E-state index >= 15 is 0 Å². The lowest BCUT2D eigenvalue weighted by Crippen LogP contribution is -1.93. The Kier molecular flexibility index (Phi) is 3.50. The van der Waals surface area contributed by atoms with Crippen molar-refractivity contribution < 1.29 is 0 Å². The highest BCUT2D eigenvalue weighted by atomic mass is 32.1. The Morgan fingerprint density at radius 2 is 2.16 bits per heavy atom. The Labute approximate surface area is 115 Å². The van der Waals surface area contributed by atoms with Crippen LogP contribution in [0.25, 0.3) is 11.6 Å². The lowest BCUT2D eigenvalue weighted by molar-refractivity contribution is 0.865. The molecule has 19 heavy (non-hydrogen) atoms. The molecule has 0 spiro atoms. The van der Waals surface area contributed by atoms with Crippen molar-refractivity contribution >= 4 is 23.0 Å². The molecule has 0 unspecified atom stereocenters. The average Bonchev–Trinajstić information content (AvgIpc) is 2.94. The van der Waals surface area contributed by atoms with Crippen molar-refractivity contribution in [2.24, 2.45) is 7.05 Å². The molecule has 94 valence electrons. The molecule has 0 saturated heterocycles. The van der Waals surface area contributed by atoms with E-state index in [0.29, 0.717) is 16.3 Å². The first-order valence-corrected chi connectivity index (χ1v) is 6.55. The Balaban J connectivity index is 2.51. The maximum atomic E-state index is 9.25. The van der Waals surface area contributed by atoms with Crippen LogP contribution in [0.3, 0.4) is 0 Å². The summed E-state index contributed by atoms with van der Waals surface area (Å²) < 4.78 is 1.81. The summed E-state index contributed by atoms with van der Waals surface area (Å²) in [7, 11) is 1.84. The molecule has 4 nitrogen and oxygen atoms in total. The van der Waals surface area contributed by atoms with Crippen molar-refractivity contribution in [3.8, 4) is 12.1 Å². The summed E-state index contributed by atoms with van der Waals surface area (Å²) in [5.41, 5.74) is 3.84. The lowest BCUT2D eigenvalue weighted by atomic mass is 10.1. The molecule has 0 aromatic carbocycles. The molecular weight excluding hydrogens is 256 g/mol. The molecule has 2 aromatic rings. The van der Waals surface area contributed by atoms with E-state index < -0.39 is 0 Å². The fourth-order valence-corrected chi connectivity index (χ4v) is 2.51. The molecule has 2 heterocycles. The van der Waals surface area contributed by atoms with Crippen molar-refractivity contribution in [3.63, 3.8) is 0 Å². The van der Waals surface area contributed by atoms with Gasteiger partial charge in [-0.05, 0) is 31.6 Å². The van der Waals surface area contributed by atoms with E-state index in [1.54, 1.807) is 12.1 Å². The van der Waals surface area contributed by atoms with E-state index in [9.17, 15) is 5.26 Å². The van der Waals surface area contributed by atoms with Crippen LogP contribution in [0.15, 0.2) is 11.4 Å². The number of allylic oxidation sites excluding steroid dienone is 1. The van der Waals surface area contributed by atoms with Crippen molar-refractivity contribution in [3.05, 3.63) is 39.1 Å². The topological polar surface area (TPSA) is 65.4 Å². The lowest BCUT2D eigenvalue weighted by Gasteiger charge is -1.98. The van der Waals surface area contributed by atoms with Gasteiger partial charge in [0.25, 0.3) is 0 Å². The first kappa shape index (κ1) is 13.1. The van der Waals surface area contributed by atoms with Crippen molar-refractivity contribution in [1.82, 2.24) is 9.55 Å². The first-order chi connectivity index (χ1) is 9.06. The van der Waals surface area contributed by atoms with Crippen molar-refractivity contribution in [2.75, 3.05) is 0 Å². The van der Waals surface area contributed by atoms with Crippen LogP contribution >= 0.6 is 11.3 Å². The summed E-state index contributed by atoms with van der Waals surface area (Å²) >= 11 is 1.45. The van der Waals surface area contributed by atoms with Gasteiger partial charge in [-0.25, -0.2) is 4.98 Å². The molecule has 5 heteroatoms. The zero-order valence-electron chi connectivity index (χ0n) is 10.9. The minimum atomic E-state index is 0.524. The molecule has 0 N–H and O–H groups in total. The van der Waals surface area contributed by atoms with Gasteiger partial charge in [-0.2, -0.15) is 10.5 Å². The van der Waals surface area contributed by atoms with Crippen LogP contribution in [-0.4, -0.2) is 9.55 Å². The second-order valence-electron chi connectivity index (χ2n) is 4.21. The molecule has 0 amide bonds. The predicted octanol–water partition coefficient (Wildman–Crippen LogP) is 3.03. The van der Waals surface area contributed by atoms with Gasteiger partial charge < -0.3 is 4.57 Å². The molecule has 2 aromatic heterocycles. The summed E-state index contributed by atoms with van der Waals surface area (Å²) in [4.78, 5) is 4.31. The Morgan fingerprint density at radius 3 is 2.63 bits per heavy atom. The third kappa shape index (κ3) is 2.42. The number of hydrogen-bond donors (Lipinski definition) is 0. The molecular formula is C14H12N4S. The minimum absolute atomic E-state index is 0.524. The quantitative estimate of drug-likeness (QED) is 0.786. The number of hydrogen-bond acceptors (Lipinski definition) is 4. The monoisotopic (exact) mass is 268 g/mol. The third-order valence-electron chi connectivity index (χ3n) is 2.96. The molecule has 0 aliphatic rings. The smallest absolute Gasteiger partial charge is 0.134 e. The molecule has 0 radical (unpaired) electrons. The van der Waals surface area contributed by atoms with Crippen LogP contribution < -0.4 is 0 Å². The highest BCUT2D eigenvalue weighted by Gasteiger charge is 2.10. The van der Waals surface area contributed by atoms with Crippen LogP contribution in [0, 0.1) is 36.5 Å². The molecule has 0 aliphatic heterocycles. The van der Waals surface area contributed by atoms with Crippen LogP contribution in [-0.2, 0) is 7.05 Å². The number of thiazole rings is 1. The fourth-order valence-electron chi connectivity index (χ4n) is 1.75. The highest BCUT2D eigenvalue weighted by molar-refractivity contribution is 7.11. The molecule has 0 saturated carbocycles. The van der Waals surface area contributed by atoms with Crippen LogP contribution in [0.2, 0.25) is 0 Å². The Morgan fingerprint density at radius 1 is 1.42 bits per heavy atom. The summed E-state index contributed by atoms with van der Waals surface area (Å²) in [6, 6.07) is 6.09. The highest BCUT2D eigenvalue weighted by Crippen LogP contribution is 2.24. The summed E-state index contributed by atoms with van der Waals surface area (Å²) in [6.45, 7) is 3.82. The molecule has 0 bridgehead atoms. The van der Waals surface area contributed by atoms with Crippen LogP contribution in [0.4, 0.5) is 0 Å². The van der Waals surface area contributed by atoms with Gasteiger partial charge in [0.05, 0.1) is 5.57 Å². The van der Waals surface area contributed by atoms with Gasteiger partial charge in [-0.1, -0.05) is 0 Å². The normalized spacial score (nSPS) is 11.1. The van der Waals surface area contributed by atoms with E-state index in [2.05, 4.69) is 17.1 Å². The summed E-state index contributed by atoms with van der Waals surface area (Å²) in [5, 5.41) is 20.9. The Bertz CT molecular complexity index is 735. The number of aromatic nitrogens is 2.